The summed E-state index contributed by atoms with van der Waals surface area (Å²) in [5, 5.41) is 12.4. The zero-order valence-corrected chi connectivity index (χ0v) is 12.9. The van der Waals surface area contributed by atoms with E-state index in [2.05, 4.69) is 21.2 Å². The molecule has 0 fully saturated rings. The van der Waals surface area contributed by atoms with E-state index in [4.69, 9.17) is 9.84 Å². The number of ether oxygens (including phenoxy) is 1. The Balaban J connectivity index is 2.93. The quantitative estimate of drug-likeness (QED) is 0.769. The molecule has 106 valence electrons. The number of halogens is 1. The van der Waals surface area contributed by atoms with Gasteiger partial charge >= 0.3 is 5.97 Å². The highest BCUT2D eigenvalue weighted by molar-refractivity contribution is 9.10. The molecular formula is C14H20BrNO3. The van der Waals surface area contributed by atoms with Gasteiger partial charge in [0.2, 0.25) is 0 Å². The Labute approximate surface area is 122 Å². The molecule has 0 radical (unpaired) electrons. The van der Waals surface area contributed by atoms with Gasteiger partial charge in [-0.25, -0.2) is 4.79 Å². The predicted molar refractivity (Wildman–Crippen MR) is 78.5 cm³/mol. The molecule has 19 heavy (non-hydrogen) atoms. The summed E-state index contributed by atoms with van der Waals surface area (Å²) in [6, 6.07) is 5.71. The van der Waals surface area contributed by atoms with Gasteiger partial charge < -0.3 is 15.2 Å². The highest BCUT2D eigenvalue weighted by Crippen LogP contribution is 2.30. The lowest BCUT2D eigenvalue weighted by Crippen LogP contribution is -2.27. The van der Waals surface area contributed by atoms with Gasteiger partial charge in [0, 0.05) is 12.1 Å². The molecule has 0 aliphatic carbocycles. The summed E-state index contributed by atoms with van der Waals surface area (Å²) in [5.41, 5.74) is 0.957. The standard InChI is InChI=1S/C14H20BrNO3/c1-3-6-12(14(17)18)19-13-10(9-16-4-2)7-5-8-11(13)15/h5,7-8,12,16H,3-4,6,9H2,1-2H3,(H,17,18). The lowest BCUT2D eigenvalue weighted by atomic mass is 10.1. The van der Waals surface area contributed by atoms with Crippen LogP contribution in [-0.2, 0) is 11.3 Å². The first-order chi connectivity index (χ1) is 9.10. The van der Waals surface area contributed by atoms with Crippen molar-refractivity contribution in [2.24, 2.45) is 0 Å². The van der Waals surface area contributed by atoms with Crippen LogP contribution >= 0.6 is 15.9 Å². The van der Waals surface area contributed by atoms with Gasteiger partial charge in [-0.3, -0.25) is 0 Å². The van der Waals surface area contributed by atoms with Crippen LogP contribution in [0.5, 0.6) is 5.75 Å². The van der Waals surface area contributed by atoms with E-state index in [0.29, 0.717) is 18.7 Å². The number of para-hydroxylation sites is 1. The molecule has 0 aliphatic rings. The van der Waals surface area contributed by atoms with E-state index in [1.165, 1.54) is 0 Å². The SMILES string of the molecule is CCCC(Oc1c(Br)cccc1CNCC)C(=O)O. The number of aliphatic carboxylic acids is 1. The maximum Gasteiger partial charge on any atom is 0.344 e. The smallest absolute Gasteiger partial charge is 0.344 e. The van der Waals surface area contributed by atoms with Crippen LogP contribution in [-0.4, -0.2) is 23.7 Å². The summed E-state index contributed by atoms with van der Waals surface area (Å²) in [4.78, 5) is 11.2. The van der Waals surface area contributed by atoms with Crippen LogP contribution in [0.2, 0.25) is 0 Å². The largest absolute Gasteiger partial charge is 0.479 e. The molecule has 0 spiro atoms. The van der Waals surface area contributed by atoms with Crippen molar-refractivity contribution in [3.63, 3.8) is 0 Å². The second-order valence-electron chi connectivity index (χ2n) is 4.24. The van der Waals surface area contributed by atoms with Crippen molar-refractivity contribution in [2.75, 3.05) is 6.54 Å². The third kappa shape index (κ3) is 4.84. The molecule has 1 atom stereocenters. The van der Waals surface area contributed by atoms with Gasteiger partial charge in [0.05, 0.1) is 4.47 Å². The second kappa shape index (κ2) is 8.17. The van der Waals surface area contributed by atoms with Gasteiger partial charge in [-0.2, -0.15) is 0 Å². The number of carboxylic acids is 1. The van der Waals surface area contributed by atoms with Crippen LogP contribution in [0.1, 0.15) is 32.3 Å². The van der Waals surface area contributed by atoms with E-state index >= 15 is 0 Å². The van der Waals surface area contributed by atoms with Gasteiger partial charge in [0.1, 0.15) is 5.75 Å². The molecule has 0 amide bonds. The summed E-state index contributed by atoms with van der Waals surface area (Å²) < 4.78 is 6.47. The summed E-state index contributed by atoms with van der Waals surface area (Å²) in [7, 11) is 0. The van der Waals surface area contributed by atoms with E-state index in [0.717, 1.165) is 23.0 Å². The monoisotopic (exact) mass is 329 g/mol. The fraction of sp³-hybridized carbons (Fsp3) is 0.500. The van der Waals surface area contributed by atoms with Crippen molar-refractivity contribution in [3.8, 4) is 5.75 Å². The Morgan fingerprint density at radius 2 is 2.21 bits per heavy atom. The highest BCUT2D eigenvalue weighted by Gasteiger charge is 2.21. The van der Waals surface area contributed by atoms with E-state index in [9.17, 15) is 4.79 Å². The number of carbonyl (C=O) groups is 1. The van der Waals surface area contributed by atoms with Crippen LogP contribution in [0.25, 0.3) is 0 Å². The van der Waals surface area contributed by atoms with E-state index in [-0.39, 0.29) is 0 Å². The van der Waals surface area contributed by atoms with Gasteiger partial charge in [0.25, 0.3) is 0 Å². The van der Waals surface area contributed by atoms with E-state index < -0.39 is 12.1 Å². The first-order valence-electron chi connectivity index (χ1n) is 6.47. The Kier molecular flexibility index (Phi) is 6.87. The number of hydrogen-bond acceptors (Lipinski definition) is 3. The van der Waals surface area contributed by atoms with Crippen LogP contribution in [0.15, 0.2) is 22.7 Å². The molecule has 0 saturated heterocycles. The highest BCUT2D eigenvalue weighted by atomic mass is 79.9. The fourth-order valence-electron chi connectivity index (χ4n) is 1.72. The number of hydrogen-bond donors (Lipinski definition) is 2. The van der Waals surface area contributed by atoms with Crippen molar-refractivity contribution >= 4 is 21.9 Å². The van der Waals surface area contributed by atoms with Gasteiger partial charge in [-0.1, -0.05) is 32.4 Å². The Morgan fingerprint density at radius 3 is 2.79 bits per heavy atom. The van der Waals surface area contributed by atoms with Crippen molar-refractivity contribution in [3.05, 3.63) is 28.2 Å². The summed E-state index contributed by atoms with van der Waals surface area (Å²) in [6.45, 7) is 5.47. The molecule has 2 N–H and O–H groups in total. The number of nitrogens with one attached hydrogen (secondary N) is 1. The third-order valence-electron chi connectivity index (χ3n) is 2.70. The maximum absolute atomic E-state index is 11.2. The van der Waals surface area contributed by atoms with Crippen LogP contribution < -0.4 is 10.1 Å². The molecule has 1 rings (SSSR count). The maximum atomic E-state index is 11.2. The molecule has 1 unspecified atom stereocenters. The molecular weight excluding hydrogens is 310 g/mol. The predicted octanol–water partition coefficient (Wildman–Crippen LogP) is 3.19. The first-order valence-corrected chi connectivity index (χ1v) is 7.27. The zero-order valence-electron chi connectivity index (χ0n) is 11.3. The molecule has 4 nitrogen and oxygen atoms in total. The minimum absolute atomic E-state index is 0.497. The molecule has 0 heterocycles. The first kappa shape index (κ1) is 16.0. The minimum Gasteiger partial charge on any atom is -0.479 e. The molecule has 0 aromatic heterocycles. The molecule has 0 aliphatic heterocycles. The van der Waals surface area contributed by atoms with Crippen LogP contribution in [0, 0.1) is 0 Å². The number of rotatable bonds is 8. The summed E-state index contributed by atoms with van der Waals surface area (Å²) >= 11 is 3.42. The average molecular weight is 330 g/mol. The van der Waals surface area contributed by atoms with Crippen LogP contribution in [0.3, 0.4) is 0 Å². The molecule has 0 bridgehead atoms. The summed E-state index contributed by atoms with van der Waals surface area (Å²) in [6.07, 6.45) is 0.463. The Hall–Kier alpha value is -1.07. The molecule has 1 aromatic rings. The normalized spacial score (nSPS) is 12.2. The average Bonchev–Trinajstić information content (AvgIpc) is 2.38. The van der Waals surface area contributed by atoms with Gasteiger partial charge in [0.15, 0.2) is 6.10 Å². The zero-order chi connectivity index (χ0) is 14.3. The molecule has 1 aromatic carbocycles. The third-order valence-corrected chi connectivity index (χ3v) is 3.32. The Bertz CT molecular complexity index is 423. The van der Waals surface area contributed by atoms with Gasteiger partial charge in [-0.15, -0.1) is 0 Å². The van der Waals surface area contributed by atoms with Gasteiger partial charge in [-0.05, 0) is 35.0 Å². The number of carboxylic acid groups (broad SMARTS) is 1. The fourth-order valence-corrected chi connectivity index (χ4v) is 2.22. The topological polar surface area (TPSA) is 58.6 Å². The van der Waals surface area contributed by atoms with E-state index in [1.807, 2.05) is 32.0 Å². The van der Waals surface area contributed by atoms with Crippen LogP contribution in [0.4, 0.5) is 0 Å². The van der Waals surface area contributed by atoms with Crippen molar-refractivity contribution in [1.82, 2.24) is 5.32 Å². The molecule has 0 saturated carbocycles. The van der Waals surface area contributed by atoms with Crippen molar-refractivity contribution in [2.45, 2.75) is 39.3 Å². The second-order valence-corrected chi connectivity index (χ2v) is 5.10. The van der Waals surface area contributed by atoms with Crippen molar-refractivity contribution < 1.29 is 14.6 Å². The Morgan fingerprint density at radius 1 is 1.47 bits per heavy atom. The lowest BCUT2D eigenvalue weighted by Gasteiger charge is -2.18. The summed E-state index contributed by atoms with van der Waals surface area (Å²) in [5.74, 6) is -0.309. The van der Waals surface area contributed by atoms with E-state index in [1.54, 1.807) is 0 Å². The lowest BCUT2D eigenvalue weighted by molar-refractivity contribution is -0.145. The molecule has 5 heteroatoms. The minimum atomic E-state index is -0.924. The van der Waals surface area contributed by atoms with Crippen molar-refractivity contribution in [1.29, 1.82) is 0 Å². The number of benzene rings is 1.